The van der Waals surface area contributed by atoms with Crippen molar-refractivity contribution in [3.8, 4) is 11.8 Å². The van der Waals surface area contributed by atoms with E-state index in [2.05, 4.69) is 6.07 Å². The zero-order chi connectivity index (χ0) is 25.3. The van der Waals surface area contributed by atoms with E-state index in [9.17, 15) is 24.8 Å². The number of benzene rings is 2. The van der Waals surface area contributed by atoms with Gasteiger partial charge in [-0.1, -0.05) is 6.07 Å². The number of ketones is 1. The summed E-state index contributed by atoms with van der Waals surface area (Å²) in [6, 6.07) is 8.67. The van der Waals surface area contributed by atoms with Gasteiger partial charge >= 0.3 is 5.97 Å². The average molecular weight is 478 g/mol. The molecule has 0 spiro atoms. The van der Waals surface area contributed by atoms with Crippen LogP contribution in [0.3, 0.4) is 0 Å². The molecule has 0 radical (unpaired) electrons. The van der Waals surface area contributed by atoms with Crippen LogP contribution < -0.4 is 4.74 Å². The van der Waals surface area contributed by atoms with Crippen LogP contribution in [-0.4, -0.2) is 72.4 Å². The Balaban J connectivity index is 1.38. The molecular formula is C26H27N3O6. The number of methoxy groups -OCH3 is 1. The van der Waals surface area contributed by atoms with Crippen molar-refractivity contribution in [3.63, 3.8) is 0 Å². The lowest BCUT2D eigenvalue weighted by Crippen LogP contribution is -2.52. The number of nitriles is 1. The Labute approximate surface area is 203 Å². The highest BCUT2D eigenvalue weighted by atomic mass is 16.5. The standard InChI is InChI=1S/C26H27N3O6/c1-15-18(6-7-24(34-3)20(15)10-27)23(31)12-29-9-8-28(13-25(29)32)11-22(30)17-4-5-19-21(16(17)2)14-35-26(19)33/h4-7,22,30H,8-9,11-14H2,1-3H3. The number of fused-ring (bicyclic) bond motifs is 1. The molecule has 0 aromatic heterocycles. The molecule has 9 nitrogen and oxygen atoms in total. The van der Waals surface area contributed by atoms with Gasteiger partial charge in [0, 0.05) is 30.8 Å². The number of piperazine rings is 1. The van der Waals surface area contributed by atoms with Gasteiger partial charge in [-0.15, -0.1) is 0 Å². The zero-order valence-electron chi connectivity index (χ0n) is 20.0. The van der Waals surface area contributed by atoms with Gasteiger partial charge in [-0.25, -0.2) is 4.79 Å². The minimum absolute atomic E-state index is 0.0782. The lowest BCUT2D eigenvalue weighted by molar-refractivity contribution is -0.136. The first-order valence-electron chi connectivity index (χ1n) is 11.3. The molecule has 0 bridgehead atoms. The molecule has 35 heavy (non-hydrogen) atoms. The molecule has 0 aliphatic carbocycles. The monoisotopic (exact) mass is 477 g/mol. The number of aliphatic hydroxyl groups is 1. The van der Waals surface area contributed by atoms with Gasteiger partial charge in [-0.2, -0.15) is 5.26 Å². The third-order valence-corrected chi connectivity index (χ3v) is 6.79. The van der Waals surface area contributed by atoms with Crippen LogP contribution in [0.2, 0.25) is 0 Å². The maximum Gasteiger partial charge on any atom is 0.338 e. The van der Waals surface area contributed by atoms with Crippen LogP contribution in [-0.2, 0) is 16.1 Å². The van der Waals surface area contributed by atoms with E-state index in [-0.39, 0.29) is 43.9 Å². The third-order valence-electron chi connectivity index (χ3n) is 6.79. The van der Waals surface area contributed by atoms with Crippen LogP contribution in [0, 0.1) is 25.2 Å². The van der Waals surface area contributed by atoms with Gasteiger partial charge in [0.05, 0.1) is 37.4 Å². The first kappa shape index (κ1) is 24.4. The fourth-order valence-corrected chi connectivity index (χ4v) is 4.71. The smallest absolute Gasteiger partial charge is 0.338 e. The predicted octanol–water partition coefficient (Wildman–Crippen LogP) is 1.91. The highest BCUT2D eigenvalue weighted by Crippen LogP contribution is 2.30. The van der Waals surface area contributed by atoms with Crippen molar-refractivity contribution >= 4 is 17.7 Å². The molecular weight excluding hydrogens is 450 g/mol. The molecule has 1 amide bonds. The molecule has 2 aliphatic heterocycles. The van der Waals surface area contributed by atoms with Crippen molar-refractivity contribution in [1.29, 1.82) is 5.26 Å². The van der Waals surface area contributed by atoms with E-state index in [0.29, 0.717) is 46.7 Å². The molecule has 1 fully saturated rings. The maximum absolute atomic E-state index is 12.9. The Morgan fingerprint density at radius 3 is 2.66 bits per heavy atom. The summed E-state index contributed by atoms with van der Waals surface area (Å²) in [5, 5.41) is 20.2. The summed E-state index contributed by atoms with van der Waals surface area (Å²) in [6.07, 6.45) is -0.830. The van der Waals surface area contributed by atoms with Gasteiger partial charge in [-0.3, -0.25) is 14.5 Å². The average Bonchev–Trinajstić information content (AvgIpc) is 3.22. The van der Waals surface area contributed by atoms with Gasteiger partial charge < -0.3 is 19.5 Å². The number of hydrogen-bond donors (Lipinski definition) is 1. The minimum Gasteiger partial charge on any atom is -0.495 e. The summed E-state index contributed by atoms with van der Waals surface area (Å²) in [4.78, 5) is 40.8. The molecule has 182 valence electrons. The van der Waals surface area contributed by atoms with E-state index in [1.54, 1.807) is 31.2 Å². The highest BCUT2D eigenvalue weighted by molar-refractivity contribution is 6.01. The number of carbonyl (C=O) groups is 3. The number of ether oxygens (including phenoxy) is 2. The molecule has 2 aliphatic rings. The molecule has 2 heterocycles. The van der Waals surface area contributed by atoms with Gasteiger partial charge in [0.1, 0.15) is 18.4 Å². The predicted molar refractivity (Wildman–Crippen MR) is 125 cm³/mol. The maximum atomic E-state index is 12.9. The van der Waals surface area contributed by atoms with E-state index >= 15 is 0 Å². The second-order valence-electron chi connectivity index (χ2n) is 8.80. The molecule has 1 atom stereocenters. The number of rotatable bonds is 7. The Bertz CT molecular complexity index is 1250. The summed E-state index contributed by atoms with van der Waals surface area (Å²) in [7, 11) is 1.47. The lowest BCUT2D eigenvalue weighted by atomic mass is 9.95. The molecule has 2 aromatic rings. The quantitative estimate of drug-likeness (QED) is 0.474. The van der Waals surface area contributed by atoms with E-state index in [0.717, 1.165) is 11.1 Å². The Hall–Kier alpha value is -3.74. The number of cyclic esters (lactones) is 1. The van der Waals surface area contributed by atoms with Crippen LogP contribution in [0.1, 0.15) is 54.6 Å². The van der Waals surface area contributed by atoms with E-state index in [1.165, 1.54) is 12.0 Å². The van der Waals surface area contributed by atoms with Gasteiger partial charge in [0.2, 0.25) is 5.91 Å². The Morgan fingerprint density at radius 1 is 1.20 bits per heavy atom. The molecule has 4 rings (SSSR count). The van der Waals surface area contributed by atoms with Crippen LogP contribution in [0.5, 0.6) is 5.75 Å². The number of esters is 1. The first-order valence-corrected chi connectivity index (χ1v) is 11.3. The molecule has 1 N–H and O–H groups in total. The SMILES string of the molecule is COc1ccc(C(=O)CN2CCN(CC(O)c3ccc4c(c3C)COC4=O)CC2=O)c(C)c1C#N. The Kier molecular flexibility index (Phi) is 6.87. The van der Waals surface area contributed by atoms with Crippen LogP contribution in [0.15, 0.2) is 24.3 Å². The fourth-order valence-electron chi connectivity index (χ4n) is 4.71. The van der Waals surface area contributed by atoms with Crippen LogP contribution >= 0.6 is 0 Å². The molecule has 1 unspecified atom stereocenters. The van der Waals surface area contributed by atoms with E-state index in [4.69, 9.17) is 9.47 Å². The van der Waals surface area contributed by atoms with Crippen molar-refractivity contribution in [2.75, 3.05) is 39.8 Å². The van der Waals surface area contributed by atoms with Crippen LogP contribution in [0.25, 0.3) is 0 Å². The Morgan fingerprint density at radius 2 is 1.97 bits per heavy atom. The minimum atomic E-state index is -0.830. The number of Topliss-reactive ketones (excluding diaryl/α,β-unsaturated/α-hetero) is 1. The number of hydrogen-bond acceptors (Lipinski definition) is 8. The molecule has 0 saturated carbocycles. The van der Waals surface area contributed by atoms with Crippen molar-refractivity contribution in [3.05, 3.63) is 63.2 Å². The first-order chi connectivity index (χ1) is 16.7. The van der Waals surface area contributed by atoms with Crippen molar-refractivity contribution in [1.82, 2.24) is 9.80 Å². The summed E-state index contributed by atoms with van der Waals surface area (Å²) >= 11 is 0. The molecule has 1 saturated heterocycles. The zero-order valence-corrected chi connectivity index (χ0v) is 20.0. The van der Waals surface area contributed by atoms with Crippen LogP contribution in [0.4, 0.5) is 0 Å². The van der Waals surface area contributed by atoms with Crippen molar-refractivity contribution in [2.24, 2.45) is 0 Å². The van der Waals surface area contributed by atoms with Gasteiger partial charge in [-0.05, 0) is 48.7 Å². The summed E-state index contributed by atoms with van der Waals surface area (Å²) < 4.78 is 10.3. The number of amides is 1. The summed E-state index contributed by atoms with van der Waals surface area (Å²) in [5.74, 6) is -0.390. The normalized spacial score (nSPS) is 16.5. The second kappa shape index (κ2) is 9.86. The van der Waals surface area contributed by atoms with Gasteiger partial charge in [0.15, 0.2) is 5.78 Å². The summed E-state index contributed by atoms with van der Waals surface area (Å²) in [5.41, 5.74) is 4.07. The topological polar surface area (TPSA) is 120 Å². The second-order valence-corrected chi connectivity index (χ2v) is 8.80. The fraction of sp³-hybridized carbons (Fsp3) is 0.385. The molecule has 9 heteroatoms. The van der Waals surface area contributed by atoms with E-state index < -0.39 is 6.10 Å². The number of carbonyl (C=O) groups excluding carboxylic acids is 3. The largest absolute Gasteiger partial charge is 0.495 e. The molecule has 2 aromatic carbocycles. The van der Waals surface area contributed by atoms with Crippen molar-refractivity contribution < 1.29 is 29.0 Å². The third kappa shape index (κ3) is 4.63. The number of aliphatic hydroxyl groups excluding tert-OH is 1. The number of nitrogens with zero attached hydrogens (tertiary/aromatic N) is 3. The van der Waals surface area contributed by atoms with Gasteiger partial charge in [0.25, 0.3) is 0 Å². The highest BCUT2D eigenvalue weighted by Gasteiger charge is 2.30. The van der Waals surface area contributed by atoms with Crippen molar-refractivity contribution in [2.45, 2.75) is 26.6 Å². The van der Waals surface area contributed by atoms with E-state index in [1.807, 2.05) is 11.8 Å². The lowest BCUT2D eigenvalue weighted by Gasteiger charge is -2.35. The number of β-amino-alcohol motifs (C(OH)–C–C–N with tert-alkyl or cyclic N) is 1. The summed E-state index contributed by atoms with van der Waals surface area (Å²) in [6.45, 7) is 4.87.